The maximum atomic E-state index is 10.8. The molecular weight excluding hydrogens is 274 g/mol. The monoisotopic (exact) mass is 289 g/mol. The van der Waals surface area contributed by atoms with Gasteiger partial charge >= 0.3 is 5.69 Å². The van der Waals surface area contributed by atoms with Gasteiger partial charge in [0.2, 0.25) is 0 Å². The molecule has 0 saturated carbocycles. The molecule has 0 aromatic heterocycles. The van der Waals surface area contributed by atoms with Crippen LogP contribution in [0.3, 0.4) is 0 Å². The van der Waals surface area contributed by atoms with E-state index in [1.54, 1.807) is 19.2 Å². The van der Waals surface area contributed by atoms with Crippen LogP contribution in [0.2, 0.25) is 0 Å². The van der Waals surface area contributed by atoms with Crippen LogP contribution in [0.25, 0.3) is 0 Å². The Balaban J connectivity index is 2.52. The Hall–Kier alpha value is -1.37. The van der Waals surface area contributed by atoms with E-state index in [-0.39, 0.29) is 23.9 Å². The lowest BCUT2D eigenvalue weighted by atomic mass is 10.2. The molecular formula is C12H16ClNO5. The predicted molar refractivity (Wildman–Crippen MR) is 70.8 cm³/mol. The van der Waals surface area contributed by atoms with E-state index >= 15 is 0 Å². The van der Waals surface area contributed by atoms with Crippen LogP contribution in [0.1, 0.15) is 5.56 Å². The Morgan fingerprint density at radius 3 is 2.63 bits per heavy atom. The summed E-state index contributed by atoms with van der Waals surface area (Å²) in [4.78, 5) is 10.4. The van der Waals surface area contributed by atoms with E-state index in [0.717, 1.165) is 5.56 Å². The van der Waals surface area contributed by atoms with Gasteiger partial charge in [0.15, 0.2) is 5.75 Å². The van der Waals surface area contributed by atoms with Crippen molar-refractivity contribution in [2.75, 3.05) is 33.5 Å². The van der Waals surface area contributed by atoms with Gasteiger partial charge in [-0.15, -0.1) is 11.6 Å². The molecule has 1 aromatic rings. The van der Waals surface area contributed by atoms with Crippen molar-refractivity contribution in [3.63, 3.8) is 0 Å². The predicted octanol–water partition coefficient (Wildman–Crippen LogP) is 2.38. The summed E-state index contributed by atoms with van der Waals surface area (Å²) in [6.07, 6.45) is 0. The molecule has 19 heavy (non-hydrogen) atoms. The highest BCUT2D eigenvalue weighted by Gasteiger charge is 2.15. The molecule has 0 spiro atoms. The third kappa shape index (κ3) is 5.42. The smallest absolute Gasteiger partial charge is 0.310 e. The van der Waals surface area contributed by atoms with Crippen molar-refractivity contribution in [3.05, 3.63) is 33.9 Å². The summed E-state index contributed by atoms with van der Waals surface area (Å²) < 4.78 is 15.4. The minimum Gasteiger partial charge on any atom is -0.484 e. The molecule has 6 nitrogen and oxygen atoms in total. The normalized spacial score (nSPS) is 10.4. The van der Waals surface area contributed by atoms with E-state index < -0.39 is 4.92 Å². The van der Waals surface area contributed by atoms with Crippen molar-refractivity contribution in [1.82, 2.24) is 0 Å². The number of nitro benzene ring substituents is 1. The van der Waals surface area contributed by atoms with Gasteiger partial charge in [0.25, 0.3) is 0 Å². The Morgan fingerprint density at radius 1 is 1.26 bits per heavy atom. The fraction of sp³-hybridized carbons (Fsp3) is 0.500. The lowest BCUT2D eigenvalue weighted by molar-refractivity contribution is -0.385. The molecule has 0 aliphatic heterocycles. The highest BCUT2D eigenvalue weighted by Crippen LogP contribution is 2.28. The second-order valence-corrected chi connectivity index (χ2v) is 3.91. The average Bonchev–Trinajstić information content (AvgIpc) is 2.42. The number of rotatable bonds is 9. The number of ether oxygens (including phenoxy) is 3. The van der Waals surface area contributed by atoms with Gasteiger partial charge in [-0.1, -0.05) is 6.07 Å². The SMILES string of the molecule is COCCOCCOc1cc(CCl)ccc1[N+](=O)[O-]. The molecule has 0 radical (unpaired) electrons. The molecule has 0 heterocycles. The highest BCUT2D eigenvalue weighted by molar-refractivity contribution is 6.17. The van der Waals surface area contributed by atoms with Gasteiger partial charge in [0.1, 0.15) is 6.61 Å². The molecule has 0 bridgehead atoms. The molecule has 106 valence electrons. The summed E-state index contributed by atoms with van der Waals surface area (Å²) in [7, 11) is 1.58. The number of nitrogens with zero attached hydrogens (tertiary/aromatic N) is 1. The average molecular weight is 290 g/mol. The topological polar surface area (TPSA) is 70.8 Å². The first-order valence-electron chi connectivity index (χ1n) is 5.71. The molecule has 0 unspecified atom stereocenters. The Bertz CT molecular complexity index is 413. The van der Waals surface area contributed by atoms with Crippen molar-refractivity contribution in [3.8, 4) is 5.75 Å². The van der Waals surface area contributed by atoms with Gasteiger partial charge in [0.05, 0.1) is 24.7 Å². The van der Waals surface area contributed by atoms with Gasteiger partial charge in [-0.05, 0) is 11.6 Å². The number of alkyl halides is 1. The lowest BCUT2D eigenvalue weighted by Crippen LogP contribution is -2.10. The van der Waals surface area contributed by atoms with Crippen LogP contribution in [-0.4, -0.2) is 38.5 Å². The zero-order valence-electron chi connectivity index (χ0n) is 10.6. The molecule has 0 fully saturated rings. The van der Waals surface area contributed by atoms with E-state index in [4.69, 9.17) is 25.8 Å². The highest BCUT2D eigenvalue weighted by atomic mass is 35.5. The number of nitro groups is 1. The first kappa shape index (κ1) is 15.7. The van der Waals surface area contributed by atoms with Crippen molar-refractivity contribution >= 4 is 17.3 Å². The van der Waals surface area contributed by atoms with Crippen LogP contribution in [0.5, 0.6) is 5.75 Å². The molecule has 0 aliphatic rings. The summed E-state index contributed by atoms with van der Waals surface area (Å²) in [5, 5.41) is 10.8. The van der Waals surface area contributed by atoms with Crippen molar-refractivity contribution < 1.29 is 19.1 Å². The summed E-state index contributed by atoms with van der Waals surface area (Å²) in [6, 6.07) is 4.56. The van der Waals surface area contributed by atoms with Crippen LogP contribution >= 0.6 is 11.6 Å². The van der Waals surface area contributed by atoms with Crippen molar-refractivity contribution in [2.24, 2.45) is 0 Å². The zero-order chi connectivity index (χ0) is 14.1. The minimum atomic E-state index is -0.487. The first-order valence-corrected chi connectivity index (χ1v) is 6.25. The molecule has 0 atom stereocenters. The molecule has 7 heteroatoms. The van der Waals surface area contributed by atoms with Gasteiger partial charge in [-0.3, -0.25) is 10.1 Å². The van der Waals surface area contributed by atoms with Crippen LogP contribution in [0, 0.1) is 10.1 Å². The summed E-state index contributed by atoms with van der Waals surface area (Å²) in [5.74, 6) is 0.483. The van der Waals surface area contributed by atoms with Crippen LogP contribution in [0.4, 0.5) is 5.69 Å². The third-order valence-corrected chi connectivity index (χ3v) is 2.60. The van der Waals surface area contributed by atoms with Crippen LogP contribution < -0.4 is 4.74 Å². The number of hydrogen-bond acceptors (Lipinski definition) is 5. The second kappa shape index (κ2) is 8.68. The van der Waals surface area contributed by atoms with E-state index in [9.17, 15) is 10.1 Å². The van der Waals surface area contributed by atoms with E-state index in [2.05, 4.69) is 0 Å². The maximum Gasteiger partial charge on any atom is 0.310 e. The lowest BCUT2D eigenvalue weighted by Gasteiger charge is -2.08. The molecule has 0 amide bonds. The summed E-state index contributed by atoms with van der Waals surface area (Å²) in [5.41, 5.74) is 0.688. The van der Waals surface area contributed by atoms with E-state index in [1.165, 1.54) is 6.07 Å². The largest absolute Gasteiger partial charge is 0.484 e. The van der Waals surface area contributed by atoms with Gasteiger partial charge in [0, 0.05) is 19.1 Å². The van der Waals surface area contributed by atoms with Gasteiger partial charge < -0.3 is 14.2 Å². The van der Waals surface area contributed by atoms with E-state index in [0.29, 0.717) is 19.8 Å². The Kier molecular flexibility index (Phi) is 7.17. The molecule has 0 saturated heterocycles. The number of halogens is 1. The molecule has 1 rings (SSSR count). The Morgan fingerprint density at radius 2 is 2.00 bits per heavy atom. The van der Waals surface area contributed by atoms with Crippen molar-refractivity contribution in [2.45, 2.75) is 5.88 Å². The molecule has 1 aromatic carbocycles. The van der Waals surface area contributed by atoms with Gasteiger partial charge in [-0.25, -0.2) is 0 Å². The minimum absolute atomic E-state index is 0.0780. The van der Waals surface area contributed by atoms with Crippen LogP contribution in [-0.2, 0) is 15.4 Å². The summed E-state index contributed by atoms with van der Waals surface area (Å²) in [6.45, 7) is 1.54. The first-order chi connectivity index (χ1) is 9.19. The third-order valence-electron chi connectivity index (χ3n) is 2.29. The van der Waals surface area contributed by atoms with Crippen LogP contribution in [0.15, 0.2) is 18.2 Å². The van der Waals surface area contributed by atoms with Gasteiger partial charge in [-0.2, -0.15) is 0 Å². The quantitative estimate of drug-likeness (QED) is 0.302. The molecule has 0 aliphatic carbocycles. The fourth-order valence-electron chi connectivity index (χ4n) is 1.36. The van der Waals surface area contributed by atoms with E-state index in [1.807, 2.05) is 0 Å². The fourth-order valence-corrected chi connectivity index (χ4v) is 1.53. The maximum absolute atomic E-state index is 10.8. The standard InChI is InChI=1S/C12H16ClNO5/c1-17-4-5-18-6-7-19-12-8-10(9-13)2-3-11(12)14(15)16/h2-3,8H,4-7,9H2,1H3. The number of benzene rings is 1. The Labute approximate surface area is 116 Å². The summed E-state index contributed by atoms with van der Waals surface area (Å²) >= 11 is 5.69. The van der Waals surface area contributed by atoms with Crippen molar-refractivity contribution in [1.29, 1.82) is 0 Å². The second-order valence-electron chi connectivity index (χ2n) is 3.65. The number of hydrogen-bond donors (Lipinski definition) is 0. The zero-order valence-corrected chi connectivity index (χ0v) is 11.4. The molecule has 0 N–H and O–H groups in total. The number of methoxy groups -OCH3 is 1.